The van der Waals surface area contributed by atoms with Crippen LogP contribution in [-0.4, -0.2) is 4.98 Å². The van der Waals surface area contributed by atoms with Gasteiger partial charge in [0.1, 0.15) is 5.75 Å². The number of hydrogen-bond donors (Lipinski definition) is 0. The molecule has 0 N–H and O–H groups in total. The minimum Gasteiger partial charge on any atom is -0.438 e. The highest BCUT2D eigenvalue weighted by Crippen LogP contribution is 2.32. The van der Waals surface area contributed by atoms with Crippen molar-refractivity contribution in [1.29, 1.82) is 0 Å². The molecule has 3 heteroatoms. The maximum absolute atomic E-state index is 6.04. The van der Waals surface area contributed by atoms with Gasteiger partial charge in [-0.05, 0) is 41.8 Å². The number of halogens is 1. The van der Waals surface area contributed by atoms with Gasteiger partial charge in [0.15, 0.2) is 0 Å². The minimum atomic E-state index is 0.592. The molecule has 0 saturated carbocycles. The van der Waals surface area contributed by atoms with Crippen LogP contribution in [-0.2, 0) is 0 Å². The molecule has 0 fully saturated rings. The Labute approximate surface area is 145 Å². The van der Waals surface area contributed by atoms with Gasteiger partial charge >= 0.3 is 0 Å². The highest BCUT2D eigenvalue weighted by atomic mass is 35.5. The van der Waals surface area contributed by atoms with Crippen molar-refractivity contribution in [1.82, 2.24) is 4.98 Å². The van der Waals surface area contributed by atoms with Crippen LogP contribution in [0.4, 0.5) is 0 Å². The minimum absolute atomic E-state index is 0.592. The lowest BCUT2D eigenvalue weighted by Crippen LogP contribution is -1.92. The molecular formula is C21H14ClNO. The number of ether oxygens (including phenoxy) is 1. The third kappa shape index (κ3) is 2.97. The third-order valence-electron chi connectivity index (χ3n) is 3.80. The van der Waals surface area contributed by atoms with Crippen LogP contribution >= 0.6 is 11.6 Å². The molecule has 24 heavy (non-hydrogen) atoms. The van der Waals surface area contributed by atoms with Gasteiger partial charge in [-0.1, -0.05) is 60.1 Å². The van der Waals surface area contributed by atoms with E-state index in [9.17, 15) is 0 Å². The van der Waals surface area contributed by atoms with E-state index in [2.05, 4.69) is 12.1 Å². The normalized spacial score (nSPS) is 10.7. The molecule has 0 aliphatic heterocycles. The molecule has 0 amide bonds. The van der Waals surface area contributed by atoms with Crippen LogP contribution in [0.1, 0.15) is 0 Å². The summed E-state index contributed by atoms with van der Waals surface area (Å²) in [7, 11) is 0. The van der Waals surface area contributed by atoms with Crippen molar-refractivity contribution in [2.45, 2.75) is 0 Å². The average molecular weight is 332 g/mol. The summed E-state index contributed by atoms with van der Waals surface area (Å²) >= 11 is 5.94. The number of hydrogen-bond acceptors (Lipinski definition) is 2. The van der Waals surface area contributed by atoms with Gasteiger partial charge in [0.2, 0.25) is 5.88 Å². The van der Waals surface area contributed by atoms with E-state index in [1.807, 2.05) is 60.7 Å². The first kappa shape index (κ1) is 14.7. The number of rotatable bonds is 3. The monoisotopic (exact) mass is 331 g/mol. The van der Waals surface area contributed by atoms with Crippen LogP contribution in [0.5, 0.6) is 11.6 Å². The molecule has 0 spiro atoms. The van der Waals surface area contributed by atoms with Gasteiger partial charge in [-0.25, -0.2) is 4.98 Å². The summed E-state index contributed by atoms with van der Waals surface area (Å²) in [6.45, 7) is 0. The summed E-state index contributed by atoms with van der Waals surface area (Å²) < 4.78 is 6.04. The van der Waals surface area contributed by atoms with Gasteiger partial charge in [-0.15, -0.1) is 0 Å². The smallest absolute Gasteiger partial charge is 0.227 e. The van der Waals surface area contributed by atoms with Gasteiger partial charge in [0.25, 0.3) is 0 Å². The van der Waals surface area contributed by atoms with E-state index in [4.69, 9.17) is 21.3 Å². The second-order valence-corrected chi connectivity index (χ2v) is 5.89. The van der Waals surface area contributed by atoms with Crippen LogP contribution < -0.4 is 4.74 Å². The van der Waals surface area contributed by atoms with Gasteiger partial charge in [-0.2, -0.15) is 0 Å². The van der Waals surface area contributed by atoms with E-state index in [0.29, 0.717) is 16.7 Å². The molecule has 116 valence electrons. The van der Waals surface area contributed by atoms with E-state index in [1.165, 1.54) is 0 Å². The van der Waals surface area contributed by atoms with E-state index < -0.39 is 0 Å². The van der Waals surface area contributed by atoms with Gasteiger partial charge in [-0.3, -0.25) is 0 Å². The summed E-state index contributed by atoms with van der Waals surface area (Å²) in [6.07, 6.45) is 0. The Morgan fingerprint density at radius 2 is 1.46 bits per heavy atom. The Balaban J connectivity index is 1.85. The average Bonchev–Trinajstić information content (AvgIpc) is 2.64. The predicted molar refractivity (Wildman–Crippen MR) is 98.7 cm³/mol. The van der Waals surface area contributed by atoms with Crippen LogP contribution in [0.15, 0.2) is 84.9 Å². The molecule has 1 heterocycles. The quantitative estimate of drug-likeness (QED) is 0.436. The van der Waals surface area contributed by atoms with Crippen LogP contribution in [0.2, 0.25) is 5.02 Å². The molecule has 0 bridgehead atoms. The molecular weight excluding hydrogens is 318 g/mol. The zero-order valence-corrected chi connectivity index (χ0v) is 13.6. The largest absolute Gasteiger partial charge is 0.438 e. The summed E-state index contributed by atoms with van der Waals surface area (Å²) in [4.78, 5) is 4.73. The second-order valence-electron chi connectivity index (χ2n) is 5.46. The Morgan fingerprint density at radius 3 is 2.25 bits per heavy atom. The number of nitrogens with zero attached hydrogens (tertiary/aromatic N) is 1. The zero-order chi connectivity index (χ0) is 16.4. The lowest BCUT2D eigenvalue weighted by Gasteiger charge is -2.11. The number of aromatic nitrogens is 1. The van der Waals surface area contributed by atoms with Crippen LogP contribution in [0.3, 0.4) is 0 Å². The molecule has 0 aliphatic carbocycles. The molecule has 0 radical (unpaired) electrons. The second kappa shape index (κ2) is 6.34. The van der Waals surface area contributed by atoms with E-state index in [1.54, 1.807) is 12.1 Å². The summed E-state index contributed by atoms with van der Waals surface area (Å²) in [5.41, 5.74) is 1.95. The van der Waals surface area contributed by atoms with Gasteiger partial charge in [0.05, 0.1) is 5.69 Å². The molecule has 0 unspecified atom stereocenters. The summed E-state index contributed by atoms with van der Waals surface area (Å²) in [5, 5.41) is 2.75. The Bertz CT molecular complexity index is 982. The van der Waals surface area contributed by atoms with E-state index in [-0.39, 0.29) is 0 Å². The SMILES string of the molecule is Clc1ccc(Oc2nc(-c3ccccc3)cc3ccccc23)cc1. The zero-order valence-electron chi connectivity index (χ0n) is 12.8. The third-order valence-corrected chi connectivity index (χ3v) is 4.06. The molecule has 0 saturated heterocycles. The molecule has 1 aromatic heterocycles. The van der Waals surface area contributed by atoms with Crippen molar-refractivity contribution in [3.8, 4) is 22.9 Å². The highest BCUT2D eigenvalue weighted by molar-refractivity contribution is 6.30. The number of pyridine rings is 1. The van der Waals surface area contributed by atoms with E-state index in [0.717, 1.165) is 22.0 Å². The van der Waals surface area contributed by atoms with Crippen molar-refractivity contribution in [3.05, 3.63) is 90.0 Å². The lowest BCUT2D eigenvalue weighted by atomic mass is 10.1. The fourth-order valence-electron chi connectivity index (χ4n) is 2.62. The molecule has 0 atom stereocenters. The molecule has 2 nitrogen and oxygen atoms in total. The van der Waals surface area contributed by atoms with Crippen molar-refractivity contribution < 1.29 is 4.74 Å². The van der Waals surface area contributed by atoms with Crippen LogP contribution in [0, 0.1) is 0 Å². The predicted octanol–water partition coefficient (Wildman–Crippen LogP) is 6.35. The summed E-state index contributed by atoms with van der Waals surface area (Å²) in [5.74, 6) is 1.30. The first-order valence-electron chi connectivity index (χ1n) is 7.68. The number of benzene rings is 3. The lowest BCUT2D eigenvalue weighted by molar-refractivity contribution is 0.470. The summed E-state index contributed by atoms with van der Waals surface area (Å²) in [6, 6.07) is 27.6. The van der Waals surface area contributed by atoms with E-state index >= 15 is 0 Å². The molecule has 4 rings (SSSR count). The van der Waals surface area contributed by atoms with Crippen LogP contribution in [0.25, 0.3) is 22.0 Å². The van der Waals surface area contributed by atoms with Gasteiger partial charge < -0.3 is 4.74 Å². The molecule has 0 aliphatic rings. The van der Waals surface area contributed by atoms with Crippen molar-refractivity contribution >= 4 is 22.4 Å². The Hall–Kier alpha value is -2.84. The first-order valence-corrected chi connectivity index (χ1v) is 8.06. The number of fused-ring (bicyclic) bond motifs is 1. The fraction of sp³-hybridized carbons (Fsp3) is 0. The van der Waals surface area contributed by atoms with Crippen molar-refractivity contribution in [2.24, 2.45) is 0 Å². The topological polar surface area (TPSA) is 22.1 Å². The van der Waals surface area contributed by atoms with Gasteiger partial charge in [0, 0.05) is 16.0 Å². The Kier molecular flexibility index (Phi) is 3.89. The maximum atomic E-state index is 6.04. The standard InChI is InChI=1S/C21H14ClNO/c22-17-10-12-18(13-11-17)24-21-19-9-5-4-8-16(19)14-20(23-21)15-6-2-1-3-7-15/h1-14H. The van der Waals surface area contributed by atoms with Crippen molar-refractivity contribution in [2.75, 3.05) is 0 Å². The highest BCUT2D eigenvalue weighted by Gasteiger charge is 2.09. The first-order chi connectivity index (χ1) is 11.8. The fourth-order valence-corrected chi connectivity index (χ4v) is 2.74. The van der Waals surface area contributed by atoms with Crippen molar-refractivity contribution in [3.63, 3.8) is 0 Å². The Morgan fingerprint density at radius 1 is 0.750 bits per heavy atom. The molecule has 4 aromatic rings. The molecule has 3 aromatic carbocycles. The maximum Gasteiger partial charge on any atom is 0.227 e.